The number of hydrogen-bond donors (Lipinski definition) is 0. The van der Waals surface area contributed by atoms with Crippen molar-refractivity contribution in [3.05, 3.63) is 52.5 Å². The number of aromatic nitrogens is 1. The van der Waals surface area contributed by atoms with Gasteiger partial charge in [-0.15, -0.1) is 0 Å². The van der Waals surface area contributed by atoms with Gasteiger partial charge in [-0.3, -0.25) is 9.69 Å². The van der Waals surface area contributed by atoms with Crippen LogP contribution in [0.5, 0.6) is 0 Å². The molecule has 1 amide bonds. The van der Waals surface area contributed by atoms with E-state index in [-0.39, 0.29) is 4.90 Å². The molecule has 0 saturated heterocycles. The minimum atomic E-state index is -3.80. The smallest absolute Gasteiger partial charge is 0.244 e. The molecule has 1 heterocycles. The van der Waals surface area contributed by atoms with E-state index in [0.29, 0.717) is 23.1 Å². The molecule has 3 aromatic rings. The van der Waals surface area contributed by atoms with Gasteiger partial charge < -0.3 is 4.90 Å². The molecule has 0 bridgehead atoms. The molecule has 0 aliphatic rings. The number of nitrogens with zero attached hydrogens (tertiary/aromatic N) is 3. The van der Waals surface area contributed by atoms with Crippen LogP contribution in [0, 0.1) is 13.8 Å². The van der Waals surface area contributed by atoms with E-state index < -0.39 is 21.5 Å². The second-order valence-corrected chi connectivity index (χ2v) is 11.2. The summed E-state index contributed by atoms with van der Waals surface area (Å²) in [6, 6.07) is 9.88. The molecule has 6 nitrogen and oxygen atoms in total. The molecule has 0 atom stereocenters. The summed E-state index contributed by atoms with van der Waals surface area (Å²) in [5.74, 6) is -1.10. The number of carbonyl (C=O) groups excluding carboxylic acids is 1. The van der Waals surface area contributed by atoms with Crippen LogP contribution in [0.3, 0.4) is 0 Å². The standard InChI is InChI=1S/C22H26ClN3O3S2/c1-15-6-11-19-21(16(15)2)24-22(30-19)26(13-5-12-25(3)4)20(27)14-31(28,29)18-9-7-17(23)8-10-18/h6-11H,5,12-14H2,1-4H3. The number of thiazole rings is 1. The Kier molecular flexibility index (Phi) is 7.36. The van der Waals surface area contributed by atoms with Gasteiger partial charge in [0.05, 0.1) is 15.1 Å². The second kappa shape index (κ2) is 9.65. The predicted molar refractivity (Wildman–Crippen MR) is 128 cm³/mol. The molecule has 0 saturated carbocycles. The predicted octanol–water partition coefficient (Wildman–Crippen LogP) is 4.33. The summed E-state index contributed by atoms with van der Waals surface area (Å²) < 4.78 is 26.6. The van der Waals surface area contributed by atoms with Crippen LogP contribution >= 0.6 is 22.9 Å². The number of hydrogen-bond acceptors (Lipinski definition) is 6. The summed E-state index contributed by atoms with van der Waals surface area (Å²) >= 11 is 7.27. The lowest BCUT2D eigenvalue weighted by Crippen LogP contribution is -2.37. The number of amides is 1. The maximum atomic E-state index is 13.2. The summed E-state index contributed by atoms with van der Waals surface area (Å²) in [6.45, 7) is 5.19. The molecule has 0 fully saturated rings. The highest BCUT2D eigenvalue weighted by molar-refractivity contribution is 7.92. The van der Waals surface area contributed by atoms with Crippen LogP contribution in [-0.4, -0.2) is 57.1 Å². The third-order valence-corrected chi connectivity index (χ3v) is 7.99. The van der Waals surface area contributed by atoms with Gasteiger partial charge >= 0.3 is 0 Å². The summed E-state index contributed by atoms with van der Waals surface area (Å²) in [7, 11) is 0.120. The fourth-order valence-corrected chi connectivity index (χ4v) is 5.56. The van der Waals surface area contributed by atoms with E-state index in [4.69, 9.17) is 16.6 Å². The first kappa shape index (κ1) is 23.7. The molecule has 0 aliphatic carbocycles. The first-order valence-corrected chi connectivity index (χ1v) is 12.7. The van der Waals surface area contributed by atoms with Crippen molar-refractivity contribution in [1.29, 1.82) is 0 Å². The fourth-order valence-electron chi connectivity index (χ4n) is 3.17. The molecule has 0 N–H and O–H groups in total. The quantitative estimate of drug-likeness (QED) is 0.481. The molecule has 0 spiro atoms. The van der Waals surface area contributed by atoms with Gasteiger partial charge in [0.25, 0.3) is 0 Å². The minimum absolute atomic E-state index is 0.0780. The molecule has 166 valence electrons. The topological polar surface area (TPSA) is 70.6 Å². The molecule has 3 rings (SSSR count). The van der Waals surface area contributed by atoms with Crippen LogP contribution in [0.4, 0.5) is 5.13 Å². The molecule has 9 heteroatoms. The minimum Gasteiger partial charge on any atom is -0.309 e. The van der Waals surface area contributed by atoms with Gasteiger partial charge in [0.15, 0.2) is 15.0 Å². The number of sulfone groups is 1. The SMILES string of the molecule is Cc1ccc2sc(N(CCCN(C)C)C(=O)CS(=O)(=O)c3ccc(Cl)cc3)nc2c1C. The van der Waals surface area contributed by atoms with Crippen molar-refractivity contribution in [2.75, 3.05) is 37.8 Å². The van der Waals surface area contributed by atoms with Crippen LogP contribution in [0.25, 0.3) is 10.2 Å². The molecule has 0 aliphatic heterocycles. The lowest BCUT2D eigenvalue weighted by atomic mass is 10.1. The Morgan fingerprint density at radius 3 is 2.39 bits per heavy atom. The molecular formula is C22H26ClN3O3S2. The Hall–Kier alpha value is -2.00. The van der Waals surface area contributed by atoms with Gasteiger partial charge in [0.1, 0.15) is 5.75 Å². The largest absolute Gasteiger partial charge is 0.309 e. The molecule has 2 aromatic carbocycles. The van der Waals surface area contributed by atoms with E-state index in [9.17, 15) is 13.2 Å². The first-order valence-electron chi connectivity index (χ1n) is 9.88. The summed E-state index contributed by atoms with van der Waals surface area (Å²) in [4.78, 5) is 21.5. The van der Waals surface area contributed by atoms with E-state index in [1.807, 2.05) is 45.0 Å². The Morgan fingerprint density at radius 2 is 1.74 bits per heavy atom. The Balaban J connectivity index is 1.92. The van der Waals surface area contributed by atoms with E-state index >= 15 is 0 Å². The van der Waals surface area contributed by atoms with Gasteiger partial charge in [-0.05, 0) is 82.4 Å². The zero-order valence-electron chi connectivity index (χ0n) is 18.1. The number of halogens is 1. The van der Waals surface area contributed by atoms with Crippen LogP contribution in [0.1, 0.15) is 17.5 Å². The van der Waals surface area contributed by atoms with E-state index in [2.05, 4.69) is 0 Å². The average Bonchev–Trinajstić information content (AvgIpc) is 3.12. The Labute approximate surface area is 192 Å². The van der Waals surface area contributed by atoms with Crippen molar-refractivity contribution in [3.8, 4) is 0 Å². The number of aryl methyl sites for hydroxylation is 2. The van der Waals surface area contributed by atoms with Crippen LogP contribution in [0.15, 0.2) is 41.3 Å². The highest BCUT2D eigenvalue weighted by Crippen LogP contribution is 2.32. The van der Waals surface area contributed by atoms with Crippen LogP contribution < -0.4 is 4.90 Å². The summed E-state index contributed by atoms with van der Waals surface area (Å²) in [6.07, 6.45) is 0.702. The monoisotopic (exact) mass is 479 g/mol. The normalized spacial score (nSPS) is 11.9. The highest BCUT2D eigenvalue weighted by atomic mass is 35.5. The lowest BCUT2D eigenvalue weighted by molar-refractivity contribution is -0.116. The number of rotatable bonds is 8. The van der Waals surface area contributed by atoms with E-state index in [1.165, 1.54) is 40.5 Å². The van der Waals surface area contributed by atoms with Crippen molar-refractivity contribution in [3.63, 3.8) is 0 Å². The maximum absolute atomic E-state index is 13.2. The Morgan fingerprint density at radius 1 is 1.06 bits per heavy atom. The first-order chi connectivity index (χ1) is 14.6. The van der Waals surface area contributed by atoms with Gasteiger partial charge in [-0.25, -0.2) is 13.4 Å². The lowest BCUT2D eigenvalue weighted by Gasteiger charge is -2.21. The molecular weight excluding hydrogens is 454 g/mol. The maximum Gasteiger partial charge on any atom is 0.244 e. The van der Waals surface area contributed by atoms with Gasteiger partial charge in [-0.2, -0.15) is 0 Å². The molecule has 0 radical (unpaired) electrons. The van der Waals surface area contributed by atoms with Gasteiger partial charge in [-0.1, -0.05) is 29.0 Å². The zero-order valence-corrected chi connectivity index (χ0v) is 20.4. The zero-order chi connectivity index (χ0) is 22.8. The summed E-state index contributed by atoms with van der Waals surface area (Å²) in [5.41, 5.74) is 3.04. The van der Waals surface area contributed by atoms with E-state index in [0.717, 1.165) is 27.9 Å². The third kappa shape index (κ3) is 5.63. The molecule has 1 aromatic heterocycles. The Bertz CT molecular complexity index is 1190. The van der Waals surface area contributed by atoms with Crippen molar-refractivity contribution < 1.29 is 13.2 Å². The van der Waals surface area contributed by atoms with Crippen molar-refractivity contribution in [1.82, 2.24) is 9.88 Å². The van der Waals surface area contributed by atoms with Gasteiger partial charge in [0, 0.05) is 11.6 Å². The fraction of sp³-hybridized carbons (Fsp3) is 0.364. The van der Waals surface area contributed by atoms with Crippen molar-refractivity contribution >= 4 is 54.0 Å². The van der Waals surface area contributed by atoms with E-state index in [1.54, 1.807) is 0 Å². The number of benzene rings is 2. The van der Waals surface area contributed by atoms with Crippen LogP contribution in [-0.2, 0) is 14.6 Å². The van der Waals surface area contributed by atoms with Crippen molar-refractivity contribution in [2.24, 2.45) is 0 Å². The number of anilines is 1. The highest BCUT2D eigenvalue weighted by Gasteiger charge is 2.26. The molecule has 31 heavy (non-hydrogen) atoms. The van der Waals surface area contributed by atoms with Gasteiger partial charge in [0.2, 0.25) is 5.91 Å². The van der Waals surface area contributed by atoms with Crippen molar-refractivity contribution in [2.45, 2.75) is 25.2 Å². The second-order valence-electron chi connectivity index (χ2n) is 7.77. The third-order valence-electron chi connectivity index (χ3n) is 5.08. The number of fused-ring (bicyclic) bond motifs is 1. The average molecular weight is 480 g/mol. The van der Waals surface area contributed by atoms with Crippen LogP contribution in [0.2, 0.25) is 5.02 Å². The molecule has 0 unspecified atom stereocenters. The number of carbonyl (C=O) groups is 1. The summed E-state index contributed by atoms with van der Waals surface area (Å²) in [5, 5.41) is 0.967.